The number of H-pyrrole nitrogens is 1. The van der Waals surface area contributed by atoms with Crippen molar-refractivity contribution in [2.45, 2.75) is 35.6 Å². The molecule has 5 rings (SSSR count). The van der Waals surface area contributed by atoms with E-state index in [1.807, 2.05) is 0 Å². The monoisotopic (exact) mass is 872 g/mol. The number of esters is 3. The third-order valence-corrected chi connectivity index (χ3v) is 10.4. The van der Waals surface area contributed by atoms with Crippen LogP contribution in [0.25, 0.3) is 0 Å². The minimum atomic E-state index is -4.38. The molecule has 0 amide bonds. The maximum Gasteiger partial charge on any atom is 0.360 e. The number of nitrogens with zero attached hydrogens (tertiary/aromatic N) is 3. The molecule has 4 aromatic rings. The molecule has 2 aromatic carbocycles. The molecule has 0 fully saturated rings. The van der Waals surface area contributed by atoms with Gasteiger partial charge in [0.15, 0.2) is 11.4 Å². The van der Waals surface area contributed by atoms with Gasteiger partial charge in [0, 0.05) is 19.8 Å². The number of aromatic amines is 1. The van der Waals surface area contributed by atoms with E-state index < -0.39 is 78.2 Å². The van der Waals surface area contributed by atoms with Gasteiger partial charge in [-0.05, 0) is 30.3 Å². The highest BCUT2D eigenvalue weighted by Crippen LogP contribution is 2.23. The summed E-state index contributed by atoms with van der Waals surface area (Å²) in [5.41, 5.74) is -2.88. The Morgan fingerprint density at radius 3 is 1.95 bits per heavy atom. The van der Waals surface area contributed by atoms with Crippen LogP contribution in [-0.4, -0.2) is 102 Å². The van der Waals surface area contributed by atoms with Gasteiger partial charge in [-0.2, -0.15) is 16.8 Å². The van der Waals surface area contributed by atoms with Crippen LogP contribution < -0.4 is 19.5 Å². The lowest BCUT2D eigenvalue weighted by atomic mass is 10.2. The van der Waals surface area contributed by atoms with E-state index >= 15 is 0 Å². The average molecular weight is 873 g/mol. The highest BCUT2D eigenvalue weighted by atomic mass is 32.2. The first-order valence-electron chi connectivity index (χ1n) is 17.6. The summed E-state index contributed by atoms with van der Waals surface area (Å²) in [4.78, 5) is 70.6. The van der Waals surface area contributed by atoms with Gasteiger partial charge in [-0.3, -0.25) is 19.0 Å². The predicted octanol–water partition coefficient (Wildman–Crippen LogP) is 2.10. The summed E-state index contributed by atoms with van der Waals surface area (Å²) in [6.45, 7) is 5.88. The summed E-state index contributed by atoms with van der Waals surface area (Å²) >= 11 is 0. The van der Waals surface area contributed by atoms with E-state index in [0.717, 1.165) is 14.2 Å². The lowest BCUT2D eigenvalue weighted by Gasteiger charge is -2.18. The number of ether oxygens (including phenoxy) is 5. The Morgan fingerprint density at radius 1 is 0.850 bits per heavy atom. The fourth-order valence-corrected chi connectivity index (χ4v) is 6.97. The number of fused-ring (bicyclic) bond motifs is 1. The van der Waals surface area contributed by atoms with Crippen molar-refractivity contribution in [3.63, 3.8) is 0 Å². The van der Waals surface area contributed by atoms with Gasteiger partial charge in [-0.15, -0.1) is 6.58 Å². The van der Waals surface area contributed by atoms with Crippen molar-refractivity contribution in [2.24, 2.45) is 0 Å². The summed E-state index contributed by atoms with van der Waals surface area (Å²) in [5.74, 6) is -3.62. The number of nitrogens with one attached hydrogen (secondary N) is 1. The molecule has 0 saturated carbocycles. The van der Waals surface area contributed by atoms with Crippen molar-refractivity contribution in [3.8, 4) is 11.5 Å². The molecule has 0 bridgehead atoms. The Labute approximate surface area is 343 Å². The first-order chi connectivity index (χ1) is 28.6. The number of hydrogen-bond donors (Lipinski definition) is 1. The number of hydrogen-bond acceptors (Lipinski definition) is 18. The molecule has 0 aliphatic carbocycles. The Balaban J connectivity index is 0.000000267. The second-order valence-electron chi connectivity index (χ2n) is 12.0. The normalized spacial score (nSPS) is 13.8. The third-order valence-electron chi connectivity index (χ3n) is 7.89. The molecule has 1 N–H and O–H groups in total. The molecule has 3 heterocycles. The molecule has 20 nitrogen and oxygen atoms in total. The first-order valence-corrected chi connectivity index (χ1v) is 20.5. The second-order valence-corrected chi connectivity index (χ2v) is 15.1. The summed E-state index contributed by atoms with van der Waals surface area (Å²) in [5, 5.41) is 0. The highest BCUT2D eigenvalue weighted by Gasteiger charge is 2.31. The van der Waals surface area contributed by atoms with Crippen LogP contribution >= 0.6 is 0 Å². The van der Waals surface area contributed by atoms with Crippen LogP contribution in [0.4, 0.5) is 0 Å². The van der Waals surface area contributed by atoms with Crippen LogP contribution in [0.3, 0.4) is 0 Å². The number of carbonyl (C=O) groups is 3. The first kappa shape index (κ1) is 46.2. The van der Waals surface area contributed by atoms with Gasteiger partial charge in [-0.1, -0.05) is 48.6 Å². The van der Waals surface area contributed by atoms with Gasteiger partial charge >= 0.3 is 38.1 Å². The van der Waals surface area contributed by atoms with Gasteiger partial charge in [-0.25, -0.2) is 19.6 Å². The zero-order valence-corrected chi connectivity index (χ0v) is 34.1. The quantitative estimate of drug-likeness (QED) is 0.0555. The van der Waals surface area contributed by atoms with E-state index in [9.17, 15) is 40.8 Å². The fraction of sp³-hybridized carbons (Fsp3) is 0.289. The molecule has 2 aromatic heterocycles. The average Bonchev–Trinajstić information content (AvgIpc) is 3.46. The van der Waals surface area contributed by atoms with Gasteiger partial charge in [0.1, 0.15) is 28.0 Å². The van der Waals surface area contributed by atoms with Crippen LogP contribution in [0, 0.1) is 0 Å². The number of aromatic nitrogens is 4. The van der Waals surface area contributed by atoms with Crippen molar-refractivity contribution < 1.29 is 63.3 Å². The molecule has 1 unspecified atom stereocenters. The highest BCUT2D eigenvalue weighted by molar-refractivity contribution is 7.87. The minimum absolute atomic E-state index is 0.0729. The molecule has 22 heteroatoms. The molecular formula is C38H40N4O16S2. The Morgan fingerprint density at radius 2 is 1.40 bits per heavy atom. The lowest BCUT2D eigenvalue weighted by molar-refractivity contribution is -0.139. The molecule has 320 valence electrons. The fourth-order valence-electron chi connectivity index (χ4n) is 5.06. The predicted molar refractivity (Wildman–Crippen MR) is 209 cm³/mol. The second kappa shape index (κ2) is 21.5. The zero-order chi connectivity index (χ0) is 43.9. The zero-order valence-electron chi connectivity index (χ0n) is 32.4. The van der Waals surface area contributed by atoms with E-state index in [4.69, 9.17) is 22.6 Å². The molecule has 1 aliphatic heterocycles. The smallest absolute Gasteiger partial charge is 0.360 e. The van der Waals surface area contributed by atoms with Crippen molar-refractivity contribution in [1.29, 1.82) is 0 Å². The molecule has 0 spiro atoms. The van der Waals surface area contributed by atoms with E-state index in [1.54, 1.807) is 24.3 Å². The van der Waals surface area contributed by atoms with Gasteiger partial charge in [0.2, 0.25) is 11.5 Å². The van der Waals surface area contributed by atoms with E-state index in [-0.39, 0.29) is 67.3 Å². The standard InChI is InChI=1S/C20H22N2O9S.C18H18N2O7S/c1-14(23)30-12-7-6-11-29-13-10-16-21-17(20(25)28-2)18(19(24)22-16)31-32(26,27)15-8-4-3-5-9-15;1-3-12-11-26-10-9-14-19-15(18(22)25-2)16(17(21)20(12)14)27-28(23,24)13-7-5-4-6-8-13/h3-9H,10-13H2,1-2H3,(H,21,22,24);3-8,12H,1,9-11H2,2H3/b7-6-;. The van der Waals surface area contributed by atoms with Crippen LogP contribution in [-0.2, 0) is 61.6 Å². The van der Waals surface area contributed by atoms with Crippen molar-refractivity contribution in [2.75, 3.05) is 47.3 Å². The molecule has 1 aliphatic rings. The number of carbonyl (C=O) groups excluding carboxylic acids is 3. The Bertz CT molecular complexity index is 2540. The van der Waals surface area contributed by atoms with Crippen LogP contribution in [0.2, 0.25) is 0 Å². The summed E-state index contributed by atoms with van der Waals surface area (Å²) in [6, 6.07) is 13.8. The SMILES string of the molecule is C=CC1COCCc2nc(C(=O)OC)c(OS(=O)(=O)c3ccccc3)c(=O)n21.COC(=O)c1nc(CCOC/C=C\COC(C)=O)[nH]c(=O)c1OS(=O)(=O)c1ccccc1. The molecule has 1 atom stereocenters. The molecule has 0 saturated heterocycles. The van der Waals surface area contributed by atoms with Crippen LogP contribution in [0.1, 0.15) is 45.6 Å². The van der Waals surface area contributed by atoms with Crippen LogP contribution in [0.15, 0.2) is 105 Å². The van der Waals surface area contributed by atoms with Crippen molar-refractivity contribution in [1.82, 2.24) is 19.5 Å². The number of benzene rings is 2. The summed E-state index contributed by atoms with van der Waals surface area (Å²) in [6.07, 6.45) is 5.09. The maximum atomic E-state index is 13.1. The number of rotatable bonds is 16. The summed E-state index contributed by atoms with van der Waals surface area (Å²) in [7, 11) is -6.60. The Kier molecular flexibility index (Phi) is 16.6. The molecule has 60 heavy (non-hydrogen) atoms. The maximum absolute atomic E-state index is 13.1. The van der Waals surface area contributed by atoms with Gasteiger partial charge in [0.25, 0.3) is 11.1 Å². The lowest BCUT2D eigenvalue weighted by Crippen LogP contribution is -2.33. The topological polar surface area (TPSA) is 265 Å². The van der Waals surface area contributed by atoms with Crippen molar-refractivity contribution >= 4 is 38.1 Å². The van der Waals surface area contributed by atoms with E-state index in [0.29, 0.717) is 0 Å². The summed E-state index contributed by atoms with van der Waals surface area (Å²) < 4.78 is 86.1. The van der Waals surface area contributed by atoms with Gasteiger partial charge < -0.3 is 37.0 Å². The largest absolute Gasteiger partial charge is 0.464 e. The molecule has 0 radical (unpaired) electrons. The number of methoxy groups -OCH3 is 2. The third kappa shape index (κ3) is 12.3. The minimum Gasteiger partial charge on any atom is -0.464 e. The molecular weight excluding hydrogens is 833 g/mol. The van der Waals surface area contributed by atoms with Crippen molar-refractivity contribution in [3.05, 3.63) is 129 Å². The van der Waals surface area contributed by atoms with E-state index in [2.05, 4.69) is 31.0 Å². The van der Waals surface area contributed by atoms with Crippen LogP contribution in [0.5, 0.6) is 11.5 Å². The van der Waals surface area contributed by atoms with E-state index in [1.165, 1.54) is 66.1 Å². The Hall–Kier alpha value is -6.49. The van der Waals surface area contributed by atoms with Gasteiger partial charge in [0.05, 0.1) is 46.7 Å².